The van der Waals surface area contributed by atoms with Gasteiger partial charge in [-0.3, -0.25) is 9.79 Å². The molecule has 32 heavy (non-hydrogen) atoms. The summed E-state index contributed by atoms with van der Waals surface area (Å²) in [6.45, 7) is 3.77. The Hall–Kier alpha value is -2.37. The monoisotopic (exact) mass is 466 g/mol. The van der Waals surface area contributed by atoms with Gasteiger partial charge in [-0.05, 0) is 49.7 Å². The first-order valence-electron chi connectivity index (χ1n) is 11.1. The summed E-state index contributed by atoms with van der Waals surface area (Å²) in [5, 5.41) is 13.2. The van der Waals surface area contributed by atoms with E-state index in [0.717, 1.165) is 12.0 Å². The molecule has 7 N–H and O–H groups in total. The number of hydrogen-bond acceptors (Lipinski definition) is 6. The van der Waals surface area contributed by atoms with Crippen LogP contribution < -0.4 is 21.5 Å². The minimum atomic E-state index is -3.98. The van der Waals surface area contributed by atoms with Gasteiger partial charge in [-0.25, -0.2) is 8.42 Å². The van der Waals surface area contributed by atoms with E-state index in [0.29, 0.717) is 44.0 Å². The van der Waals surface area contributed by atoms with Crippen molar-refractivity contribution < 1.29 is 18.3 Å². The number of aliphatic hydroxyl groups is 1. The second-order valence-electron chi connectivity index (χ2n) is 8.68. The van der Waals surface area contributed by atoms with Gasteiger partial charge in [0.05, 0.1) is 11.8 Å². The smallest absolute Gasteiger partial charge is 0.243 e. The quantitative estimate of drug-likeness (QED) is 0.204. The van der Waals surface area contributed by atoms with Crippen molar-refractivity contribution >= 4 is 27.6 Å². The Labute approximate surface area is 189 Å². The SMILES string of the molecule is CC1CNc2c(cccc2S(=O)(=O)N[C@@H](CCCN=C(N)N)C(=O)N2CCCC(O)C2)C1. The summed E-state index contributed by atoms with van der Waals surface area (Å²) < 4.78 is 29.3. The van der Waals surface area contributed by atoms with Crippen molar-refractivity contribution in [2.75, 3.05) is 31.5 Å². The number of likely N-dealkylation sites (tertiary alicyclic amines) is 1. The number of guanidine groups is 1. The highest BCUT2D eigenvalue weighted by atomic mass is 32.2. The third-order valence-corrected chi connectivity index (χ3v) is 7.36. The first kappa shape index (κ1) is 24.3. The molecule has 1 aromatic rings. The Kier molecular flexibility index (Phi) is 7.96. The molecule has 0 radical (unpaired) electrons. The first-order valence-corrected chi connectivity index (χ1v) is 12.6. The number of carbonyl (C=O) groups is 1. The van der Waals surface area contributed by atoms with Gasteiger partial charge >= 0.3 is 0 Å². The lowest BCUT2D eigenvalue weighted by molar-refractivity contribution is -0.136. The number of aliphatic imine (C=N–C) groups is 1. The van der Waals surface area contributed by atoms with Crippen molar-refractivity contribution in [1.82, 2.24) is 9.62 Å². The van der Waals surface area contributed by atoms with E-state index in [9.17, 15) is 18.3 Å². The fraction of sp³-hybridized carbons (Fsp3) is 0.619. The molecule has 1 saturated heterocycles. The summed E-state index contributed by atoms with van der Waals surface area (Å²) in [5.41, 5.74) is 12.3. The highest BCUT2D eigenvalue weighted by Gasteiger charge is 2.33. The van der Waals surface area contributed by atoms with Crippen molar-refractivity contribution in [2.24, 2.45) is 22.4 Å². The number of amides is 1. The van der Waals surface area contributed by atoms with Crippen molar-refractivity contribution in [3.63, 3.8) is 0 Å². The lowest BCUT2D eigenvalue weighted by atomic mass is 9.96. The van der Waals surface area contributed by atoms with E-state index in [1.165, 1.54) is 4.90 Å². The van der Waals surface area contributed by atoms with Crippen LogP contribution in [-0.4, -0.2) is 68.6 Å². The van der Waals surface area contributed by atoms with Crippen LogP contribution in [0.25, 0.3) is 0 Å². The molecule has 1 amide bonds. The molecule has 0 spiro atoms. The Balaban J connectivity index is 1.82. The third-order valence-electron chi connectivity index (χ3n) is 5.85. The number of β-amino-alcohol motifs (C(OH)–C–C–N with tert-alkyl or cyclic N) is 1. The summed E-state index contributed by atoms with van der Waals surface area (Å²) in [6.07, 6.45) is 2.16. The number of nitrogens with one attached hydrogen (secondary N) is 2. The van der Waals surface area contributed by atoms with E-state index < -0.39 is 22.2 Å². The number of aliphatic hydroxyl groups excluding tert-OH is 1. The zero-order valence-corrected chi connectivity index (χ0v) is 19.3. The molecule has 2 aliphatic heterocycles. The van der Waals surface area contributed by atoms with Crippen molar-refractivity contribution in [1.29, 1.82) is 0 Å². The van der Waals surface area contributed by atoms with Gasteiger partial charge in [0, 0.05) is 26.2 Å². The number of nitrogens with two attached hydrogens (primary N) is 2. The average molecular weight is 467 g/mol. The van der Waals surface area contributed by atoms with Crippen molar-refractivity contribution in [3.05, 3.63) is 23.8 Å². The number of nitrogens with zero attached hydrogens (tertiary/aromatic N) is 2. The molecular formula is C21H34N6O4S. The summed E-state index contributed by atoms with van der Waals surface area (Å²) in [6, 6.07) is 4.22. The summed E-state index contributed by atoms with van der Waals surface area (Å²) in [4.78, 5) is 18.8. The van der Waals surface area contributed by atoms with E-state index in [-0.39, 0.29) is 36.3 Å². The molecule has 1 aromatic carbocycles. The van der Waals surface area contributed by atoms with E-state index >= 15 is 0 Å². The highest BCUT2D eigenvalue weighted by Crippen LogP contribution is 2.31. The molecule has 3 rings (SSSR count). The lowest BCUT2D eigenvalue weighted by Gasteiger charge is -2.33. The Morgan fingerprint density at radius 3 is 2.91 bits per heavy atom. The van der Waals surface area contributed by atoms with E-state index in [1.807, 2.05) is 6.07 Å². The summed E-state index contributed by atoms with van der Waals surface area (Å²) in [7, 11) is -3.98. The van der Waals surface area contributed by atoms with Gasteiger partial charge in [-0.2, -0.15) is 4.72 Å². The number of fused-ring (bicyclic) bond motifs is 1. The summed E-state index contributed by atoms with van der Waals surface area (Å²) in [5.74, 6) is 0.0102. The summed E-state index contributed by atoms with van der Waals surface area (Å²) >= 11 is 0. The number of carbonyl (C=O) groups excluding carboxylic acids is 1. The molecule has 178 valence electrons. The van der Waals surface area contributed by atoms with Crippen LogP contribution in [0.3, 0.4) is 0 Å². The lowest BCUT2D eigenvalue weighted by Crippen LogP contribution is -2.52. The second kappa shape index (κ2) is 10.5. The fourth-order valence-corrected chi connectivity index (χ4v) is 5.71. The van der Waals surface area contributed by atoms with Crippen LogP contribution in [0.15, 0.2) is 28.1 Å². The van der Waals surface area contributed by atoms with Crippen molar-refractivity contribution in [2.45, 2.75) is 56.1 Å². The number of para-hydroxylation sites is 1. The van der Waals surface area contributed by atoms with Crippen LogP contribution >= 0.6 is 0 Å². The van der Waals surface area contributed by atoms with Crippen LogP contribution in [0.5, 0.6) is 0 Å². The first-order chi connectivity index (χ1) is 15.2. The normalized spacial score (nSPS) is 21.9. The molecule has 10 nitrogen and oxygen atoms in total. The Morgan fingerprint density at radius 1 is 1.41 bits per heavy atom. The van der Waals surface area contributed by atoms with Crippen LogP contribution in [0, 0.1) is 5.92 Å². The second-order valence-corrected chi connectivity index (χ2v) is 10.4. The van der Waals surface area contributed by atoms with Crippen LogP contribution in [0.4, 0.5) is 5.69 Å². The number of sulfonamides is 1. The molecule has 11 heteroatoms. The number of benzene rings is 1. The van der Waals surface area contributed by atoms with Gasteiger partial charge in [0.2, 0.25) is 15.9 Å². The maximum Gasteiger partial charge on any atom is 0.243 e. The minimum Gasteiger partial charge on any atom is -0.391 e. The average Bonchev–Trinajstić information content (AvgIpc) is 2.74. The molecule has 0 aliphatic carbocycles. The number of piperidine rings is 1. The third kappa shape index (κ3) is 6.11. The van der Waals surface area contributed by atoms with Crippen molar-refractivity contribution in [3.8, 4) is 0 Å². The molecule has 2 unspecified atom stereocenters. The van der Waals surface area contributed by atoms with Crippen LogP contribution in [-0.2, 0) is 21.2 Å². The number of hydrogen-bond donors (Lipinski definition) is 5. The zero-order chi connectivity index (χ0) is 23.3. The Bertz CT molecular complexity index is 948. The van der Waals surface area contributed by atoms with Gasteiger partial charge in [0.1, 0.15) is 10.9 Å². The maximum absolute atomic E-state index is 13.3. The standard InChI is InChI=1S/C21H34N6O4S/c1-14-11-15-5-2-8-18(19(15)25-12-14)32(30,31)26-17(7-3-9-24-21(22)23)20(29)27-10-4-6-16(28)13-27/h2,5,8,14,16-17,25-26,28H,3-4,6-7,9-13H2,1H3,(H4,22,23,24)/t14?,16?,17-/m0/s1. The number of anilines is 1. The zero-order valence-electron chi connectivity index (χ0n) is 18.5. The fourth-order valence-electron chi connectivity index (χ4n) is 4.26. The molecule has 0 aromatic heterocycles. The predicted molar refractivity (Wildman–Crippen MR) is 124 cm³/mol. The van der Waals surface area contributed by atoms with Gasteiger partial charge in [0.25, 0.3) is 0 Å². The van der Waals surface area contributed by atoms with Crippen LogP contribution in [0.1, 0.15) is 38.2 Å². The number of rotatable bonds is 8. The molecule has 2 aliphatic rings. The van der Waals surface area contributed by atoms with Gasteiger partial charge < -0.3 is 26.8 Å². The predicted octanol–water partition coefficient (Wildman–Crippen LogP) is -0.0255. The molecule has 0 bridgehead atoms. The van der Waals surface area contributed by atoms with E-state index in [4.69, 9.17) is 11.5 Å². The highest BCUT2D eigenvalue weighted by molar-refractivity contribution is 7.89. The maximum atomic E-state index is 13.3. The minimum absolute atomic E-state index is 0.0520. The molecule has 3 atom stereocenters. The molecule has 1 fully saturated rings. The van der Waals surface area contributed by atoms with E-state index in [2.05, 4.69) is 22.0 Å². The van der Waals surface area contributed by atoms with E-state index in [1.54, 1.807) is 12.1 Å². The topological polar surface area (TPSA) is 163 Å². The molecule has 2 heterocycles. The molecule has 0 saturated carbocycles. The van der Waals surface area contributed by atoms with Gasteiger partial charge in [-0.15, -0.1) is 0 Å². The largest absolute Gasteiger partial charge is 0.391 e. The van der Waals surface area contributed by atoms with Crippen LogP contribution in [0.2, 0.25) is 0 Å². The Morgan fingerprint density at radius 2 is 2.19 bits per heavy atom. The van der Waals surface area contributed by atoms with Gasteiger partial charge in [-0.1, -0.05) is 19.1 Å². The van der Waals surface area contributed by atoms with Gasteiger partial charge in [0.15, 0.2) is 5.96 Å². The molecular weight excluding hydrogens is 432 g/mol.